The summed E-state index contributed by atoms with van der Waals surface area (Å²) in [5.74, 6) is 2.46. The van der Waals surface area contributed by atoms with E-state index in [1.807, 2.05) is 6.07 Å². The van der Waals surface area contributed by atoms with E-state index in [4.69, 9.17) is 14.2 Å². The summed E-state index contributed by atoms with van der Waals surface area (Å²) in [5, 5.41) is 0. The first-order chi connectivity index (χ1) is 16.3. The van der Waals surface area contributed by atoms with Gasteiger partial charge in [0.25, 0.3) is 0 Å². The second kappa shape index (κ2) is 9.20. The van der Waals surface area contributed by atoms with Gasteiger partial charge in [-0.2, -0.15) is 0 Å². The molecule has 2 saturated heterocycles. The van der Waals surface area contributed by atoms with E-state index in [0.29, 0.717) is 12.8 Å². The van der Waals surface area contributed by atoms with E-state index in [1.54, 1.807) is 0 Å². The zero-order valence-corrected chi connectivity index (χ0v) is 18.9. The van der Waals surface area contributed by atoms with Gasteiger partial charge in [0.15, 0.2) is 11.5 Å². The molecule has 3 unspecified atom stereocenters. The Morgan fingerprint density at radius 1 is 0.848 bits per heavy atom. The summed E-state index contributed by atoms with van der Waals surface area (Å²) in [5.41, 5.74) is 3.78. The number of nitrogens with zero attached hydrogens (tertiary/aromatic N) is 1. The molecule has 3 aliphatic heterocycles. The molecular weight excluding hydrogens is 410 g/mol. The molecule has 3 fully saturated rings. The van der Waals surface area contributed by atoms with Crippen molar-refractivity contribution in [3.8, 4) is 11.5 Å². The smallest absolute Gasteiger partial charge is 0.231 e. The Morgan fingerprint density at radius 3 is 2.30 bits per heavy atom. The van der Waals surface area contributed by atoms with Gasteiger partial charge < -0.3 is 14.2 Å². The van der Waals surface area contributed by atoms with Crippen molar-refractivity contribution in [3.63, 3.8) is 0 Å². The fraction of sp³-hybridized carbons (Fsp3) is 0.379. The van der Waals surface area contributed by atoms with E-state index >= 15 is 0 Å². The average Bonchev–Trinajstić information content (AvgIpc) is 3.35. The third kappa shape index (κ3) is 4.38. The van der Waals surface area contributed by atoms with Crippen LogP contribution in [0, 0.1) is 5.92 Å². The van der Waals surface area contributed by atoms with Crippen LogP contribution in [0.3, 0.4) is 0 Å². The van der Waals surface area contributed by atoms with Crippen LogP contribution in [0.5, 0.6) is 11.5 Å². The van der Waals surface area contributed by atoms with Crippen LogP contribution >= 0.6 is 0 Å². The van der Waals surface area contributed by atoms with Crippen molar-refractivity contribution in [3.05, 3.63) is 95.6 Å². The van der Waals surface area contributed by atoms with Gasteiger partial charge >= 0.3 is 0 Å². The third-order valence-corrected chi connectivity index (χ3v) is 7.47. The van der Waals surface area contributed by atoms with E-state index in [2.05, 4.69) is 77.7 Å². The Morgan fingerprint density at radius 2 is 1.58 bits per heavy atom. The number of hydrogen-bond acceptors (Lipinski definition) is 4. The Balaban J connectivity index is 1.18. The highest BCUT2D eigenvalue weighted by molar-refractivity contribution is 5.44. The zero-order valence-electron chi connectivity index (χ0n) is 18.9. The summed E-state index contributed by atoms with van der Waals surface area (Å²) in [4.78, 5) is 2.68. The Hall–Kier alpha value is -2.82. The molecule has 3 atom stereocenters. The maximum Gasteiger partial charge on any atom is 0.231 e. The van der Waals surface area contributed by atoms with Crippen molar-refractivity contribution >= 4 is 0 Å². The van der Waals surface area contributed by atoms with Gasteiger partial charge in [-0.25, -0.2) is 0 Å². The Kier molecular flexibility index (Phi) is 5.79. The van der Waals surface area contributed by atoms with Gasteiger partial charge in [0.2, 0.25) is 6.79 Å². The lowest BCUT2D eigenvalue weighted by Gasteiger charge is -2.50. The molecule has 0 aromatic heterocycles. The molecule has 3 heterocycles. The largest absolute Gasteiger partial charge is 0.454 e. The molecule has 4 heteroatoms. The molecule has 2 bridgehead atoms. The average molecular weight is 442 g/mol. The monoisotopic (exact) mass is 441 g/mol. The Labute approximate surface area is 196 Å². The highest BCUT2D eigenvalue weighted by Crippen LogP contribution is 2.40. The maximum atomic E-state index is 6.96. The van der Waals surface area contributed by atoms with Gasteiger partial charge in [0.1, 0.15) is 6.10 Å². The van der Waals surface area contributed by atoms with Crippen LogP contribution in [0.2, 0.25) is 0 Å². The van der Waals surface area contributed by atoms with Gasteiger partial charge in [-0.15, -0.1) is 0 Å². The molecule has 4 nitrogen and oxygen atoms in total. The van der Waals surface area contributed by atoms with Crippen molar-refractivity contribution < 1.29 is 14.2 Å². The number of rotatable bonds is 7. The number of ether oxygens (including phenoxy) is 3. The van der Waals surface area contributed by atoms with Crippen LogP contribution in [-0.4, -0.2) is 36.9 Å². The number of benzene rings is 3. The van der Waals surface area contributed by atoms with E-state index < -0.39 is 0 Å². The van der Waals surface area contributed by atoms with Crippen LogP contribution in [0.1, 0.15) is 42.1 Å². The highest BCUT2D eigenvalue weighted by Gasteiger charge is 2.42. The minimum absolute atomic E-state index is 0.0209. The molecule has 0 spiro atoms. The standard InChI is InChI=1S/C29H31NO3/c1-3-7-23(8-4-1)29(24-9-5-2-6-10-24)33-27-18-22-11-13-25(27)30(19-22)16-15-21-12-14-26-28(17-21)32-20-31-26/h1-10,12,14,17,22,25,27,29H,11,13,15-16,18-20H2. The highest BCUT2D eigenvalue weighted by atomic mass is 16.7. The molecule has 0 N–H and O–H groups in total. The zero-order chi connectivity index (χ0) is 22.0. The van der Waals surface area contributed by atoms with E-state index in [0.717, 1.165) is 30.4 Å². The predicted octanol–water partition coefficient (Wildman–Crippen LogP) is 5.62. The van der Waals surface area contributed by atoms with Gasteiger partial charge in [-0.1, -0.05) is 66.7 Å². The lowest BCUT2D eigenvalue weighted by Crippen LogP contribution is -2.57. The molecule has 3 aromatic carbocycles. The van der Waals surface area contributed by atoms with Crippen LogP contribution in [0.25, 0.3) is 0 Å². The molecule has 1 aliphatic carbocycles. The fourth-order valence-corrected chi connectivity index (χ4v) is 5.80. The van der Waals surface area contributed by atoms with Gasteiger partial charge in [-0.3, -0.25) is 4.90 Å². The minimum Gasteiger partial charge on any atom is -0.454 e. The van der Waals surface area contributed by atoms with Crippen molar-refractivity contribution in [2.75, 3.05) is 19.9 Å². The van der Waals surface area contributed by atoms with E-state index in [1.165, 1.54) is 42.5 Å². The quantitative estimate of drug-likeness (QED) is 0.476. The summed E-state index contributed by atoms with van der Waals surface area (Å²) in [6, 6.07) is 28.2. The third-order valence-electron chi connectivity index (χ3n) is 7.47. The maximum absolute atomic E-state index is 6.96. The number of fused-ring (bicyclic) bond motifs is 4. The molecule has 0 radical (unpaired) electrons. The molecule has 170 valence electrons. The van der Waals surface area contributed by atoms with Crippen LogP contribution < -0.4 is 9.47 Å². The second-order valence-corrected chi connectivity index (χ2v) is 9.55. The first-order valence-electron chi connectivity index (χ1n) is 12.2. The number of piperidine rings is 2. The van der Waals surface area contributed by atoms with Gasteiger partial charge in [-0.05, 0) is 60.4 Å². The van der Waals surface area contributed by atoms with E-state index in [-0.39, 0.29) is 12.2 Å². The van der Waals surface area contributed by atoms with Crippen LogP contribution in [-0.2, 0) is 11.2 Å². The normalized spacial score (nSPS) is 23.8. The number of hydrogen-bond donors (Lipinski definition) is 0. The van der Waals surface area contributed by atoms with Crippen LogP contribution in [0.15, 0.2) is 78.9 Å². The van der Waals surface area contributed by atoms with Crippen molar-refractivity contribution in [1.29, 1.82) is 0 Å². The van der Waals surface area contributed by atoms with Crippen LogP contribution in [0.4, 0.5) is 0 Å². The second-order valence-electron chi connectivity index (χ2n) is 9.55. The lowest BCUT2D eigenvalue weighted by molar-refractivity contribution is -0.110. The Bertz CT molecular complexity index is 1030. The molecular formula is C29H31NO3. The first-order valence-corrected chi connectivity index (χ1v) is 12.2. The summed E-state index contributed by atoms with van der Waals surface area (Å²) >= 11 is 0. The summed E-state index contributed by atoms with van der Waals surface area (Å²) in [7, 11) is 0. The van der Waals surface area contributed by atoms with Crippen molar-refractivity contribution in [2.24, 2.45) is 5.92 Å². The summed E-state index contributed by atoms with van der Waals surface area (Å²) in [6.45, 7) is 2.58. The molecule has 7 rings (SSSR count). The van der Waals surface area contributed by atoms with Gasteiger partial charge in [0.05, 0.1) is 6.10 Å². The van der Waals surface area contributed by atoms with Gasteiger partial charge in [0, 0.05) is 19.1 Å². The SMILES string of the molecule is c1ccc(C(OC2CC3CCC2N(CCc2ccc4c(c2)OCO4)C3)c2ccccc2)cc1. The minimum atomic E-state index is -0.0209. The van der Waals surface area contributed by atoms with E-state index in [9.17, 15) is 0 Å². The summed E-state index contributed by atoms with van der Waals surface area (Å²) in [6.07, 6.45) is 4.99. The first kappa shape index (κ1) is 20.8. The predicted molar refractivity (Wildman–Crippen MR) is 129 cm³/mol. The molecule has 3 aromatic rings. The fourth-order valence-electron chi connectivity index (χ4n) is 5.80. The van der Waals surface area contributed by atoms with Crippen molar-refractivity contribution in [1.82, 2.24) is 4.90 Å². The topological polar surface area (TPSA) is 30.9 Å². The molecule has 0 amide bonds. The molecule has 33 heavy (non-hydrogen) atoms. The molecule has 1 saturated carbocycles. The van der Waals surface area contributed by atoms with Crippen molar-refractivity contribution in [2.45, 2.75) is 43.9 Å². The summed E-state index contributed by atoms with van der Waals surface area (Å²) < 4.78 is 18.0. The lowest BCUT2D eigenvalue weighted by atomic mass is 9.77. The molecule has 4 aliphatic rings.